The van der Waals surface area contributed by atoms with E-state index in [1.54, 1.807) is 11.0 Å². The highest BCUT2D eigenvalue weighted by Crippen LogP contribution is 2.35. The van der Waals surface area contributed by atoms with Gasteiger partial charge in [-0.25, -0.2) is 0 Å². The molecule has 6 nitrogen and oxygen atoms in total. The van der Waals surface area contributed by atoms with Gasteiger partial charge in [-0.1, -0.05) is 18.2 Å². The average molecular weight is 380 g/mol. The maximum atomic E-state index is 12.3. The van der Waals surface area contributed by atoms with Crippen LogP contribution in [0.3, 0.4) is 0 Å². The molecule has 1 aliphatic heterocycles. The molecule has 1 atom stereocenters. The molecule has 1 aliphatic carbocycles. The molecule has 1 saturated heterocycles. The van der Waals surface area contributed by atoms with Crippen molar-refractivity contribution in [2.24, 2.45) is 0 Å². The van der Waals surface area contributed by atoms with E-state index in [9.17, 15) is 14.7 Å². The van der Waals surface area contributed by atoms with Crippen molar-refractivity contribution in [3.63, 3.8) is 0 Å². The van der Waals surface area contributed by atoms with Crippen LogP contribution in [0.2, 0.25) is 0 Å². The first kappa shape index (κ1) is 18.5. The number of ether oxygens (including phenoxy) is 1. The second-order valence-corrected chi connectivity index (χ2v) is 7.27. The standard InChI is InChI=1S/C22H24N2O4/c25-19-9-2-8-18-17(19)7-3-10-20(18)28-14-21(26)23-15-5-1-6-16(13-15)24-12-4-11-22(24)27/h1,3,5-7,10,13,19,25H,2,4,8-9,11-12,14H2,(H,23,26)/t19-/m1/s1. The fourth-order valence-electron chi connectivity index (χ4n) is 3.94. The molecule has 2 aromatic rings. The number of fused-ring (bicyclic) bond motifs is 1. The summed E-state index contributed by atoms with van der Waals surface area (Å²) >= 11 is 0. The number of hydrogen-bond acceptors (Lipinski definition) is 4. The van der Waals surface area contributed by atoms with Gasteiger partial charge in [0.05, 0.1) is 6.10 Å². The molecule has 2 aromatic carbocycles. The van der Waals surface area contributed by atoms with Crippen molar-refractivity contribution in [3.05, 3.63) is 53.6 Å². The van der Waals surface area contributed by atoms with Gasteiger partial charge in [-0.05, 0) is 61.1 Å². The molecule has 1 fully saturated rings. The maximum Gasteiger partial charge on any atom is 0.262 e. The Kier molecular flexibility index (Phi) is 5.30. The lowest BCUT2D eigenvalue weighted by atomic mass is 9.89. The van der Waals surface area contributed by atoms with Gasteiger partial charge < -0.3 is 20.1 Å². The second kappa shape index (κ2) is 8.02. The summed E-state index contributed by atoms with van der Waals surface area (Å²) < 4.78 is 5.75. The Balaban J connectivity index is 1.39. The Morgan fingerprint density at radius 2 is 2.04 bits per heavy atom. The molecule has 0 aromatic heterocycles. The van der Waals surface area contributed by atoms with Gasteiger partial charge in [-0.2, -0.15) is 0 Å². The first-order valence-electron chi connectivity index (χ1n) is 9.75. The quantitative estimate of drug-likeness (QED) is 0.835. The normalized spacial score (nSPS) is 18.7. The fraction of sp³-hybridized carbons (Fsp3) is 0.364. The Morgan fingerprint density at radius 3 is 2.86 bits per heavy atom. The van der Waals surface area contributed by atoms with Gasteiger partial charge in [-0.15, -0.1) is 0 Å². The van der Waals surface area contributed by atoms with E-state index in [4.69, 9.17) is 4.74 Å². The summed E-state index contributed by atoms with van der Waals surface area (Å²) in [6.07, 6.45) is 3.48. The van der Waals surface area contributed by atoms with Crippen LogP contribution in [-0.4, -0.2) is 30.1 Å². The molecule has 28 heavy (non-hydrogen) atoms. The van der Waals surface area contributed by atoms with E-state index in [0.29, 0.717) is 24.4 Å². The van der Waals surface area contributed by atoms with Crippen molar-refractivity contribution in [2.75, 3.05) is 23.4 Å². The van der Waals surface area contributed by atoms with Crippen LogP contribution in [0, 0.1) is 0 Å². The number of rotatable bonds is 5. The third-order valence-electron chi connectivity index (χ3n) is 5.31. The largest absolute Gasteiger partial charge is 0.483 e. The van der Waals surface area contributed by atoms with Crippen LogP contribution in [0.5, 0.6) is 5.75 Å². The van der Waals surface area contributed by atoms with Gasteiger partial charge in [0.1, 0.15) is 5.75 Å². The Morgan fingerprint density at radius 1 is 1.18 bits per heavy atom. The highest BCUT2D eigenvalue weighted by Gasteiger charge is 2.22. The van der Waals surface area contributed by atoms with Crippen molar-refractivity contribution >= 4 is 23.2 Å². The van der Waals surface area contributed by atoms with Crippen LogP contribution >= 0.6 is 0 Å². The number of aliphatic hydroxyl groups excluding tert-OH is 1. The minimum atomic E-state index is -0.461. The number of amides is 2. The zero-order valence-corrected chi connectivity index (χ0v) is 15.7. The topological polar surface area (TPSA) is 78.9 Å². The summed E-state index contributed by atoms with van der Waals surface area (Å²) in [5.41, 5.74) is 3.32. The van der Waals surface area contributed by atoms with Crippen LogP contribution in [-0.2, 0) is 16.0 Å². The molecular formula is C22H24N2O4. The van der Waals surface area contributed by atoms with E-state index in [-0.39, 0.29) is 18.4 Å². The summed E-state index contributed by atoms with van der Waals surface area (Å²) in [4.78, 5) is 26.0. The van der Waals surface area contributed by atoms with Crippen molar-refractivity contribution < 1.29 is 19.4 Å². The van der Waals surface area contributed by atoms with Crippen LogP contribution in [0.4, 0.5) is 11.4 Å². The molecule has 146 valence electrons. The van der Waals surface area contributed by atoms with Gasteiger partial charge >= 0.3 is 0 Å². The van der Waals surface area contributed by atoms with Gasteiger partial charge in [0.25, 0.3) is 5.91 Å². The molecule has 0 bridgehead atoms. The lowest BCUT2D eigenvalue weighted by Crippen LogP contribution is -2.24. The molecule has 4 rings (SSSR count). The van der Waals surface area contributed by atoms with Crippen molar-refractivity contribution in [1.29, 1.82) is 0 Å². The van der Waals surface area contributed by atoms with Crippen LogP contribution in [0.25, 0.3) is 0 Å². The molecule has 0 unspecified atom stereocenters. The summed E-state index contributed by atoms with van der Waals surface area (Å²) in [5.74, 6) is 0.504. The van der Waals surface area contributed by atoms with Gasteiger partial charge in [0.2, 0.25) is 5.91 Å². The Hall–Kier alpha value is -2.86. The van der Waals surface area contributed by atoms with E-state index in [0.717, 1.165) is 42.5 Å². The number of anilines is 2. The minimum absolute atomic E-state index is 0.112. The Labute approximate surface area is 164 Å². The smallest absolute Gasteiger partial charge is 0.262 e. The number of nitrogens with one attached hydrogen (secondary N) is 1. The lowest BCUT2D eigenvalue weighted by molar-refractivity contribution is -0.118. The highest BCUT2D eigenvalue weighted by molar-refractivity contribution is 5.97. The van der Waals surface area contributed by atoms with E-state index < -0.39 is 6.10 Å². The highest BCUT2D eigenvalue weighted by atomic mass is 16.5. The number of nitrogens with zero attached hydrogens (tertiary/aromatic N) is 1. The molecule has 2 aliphatic rings. The van der Waals surface area contributed by atoms with E-state index >= 15 is 0 Å². The van der Waals surface area contributed by atoms with Crippen LogP contribution in [0.1, 0.15) is 42.9 Å². The predicted octanol–water partition coefficient (Wildman–Crippen LogP) is 3.20. The van der Waals surface area contributed by atoms with E-state index in [1.165, 1.54) is 0 Å². The van der Waals surface area contributed by atoms with Gasteiger partial charge in [-0.3, -0.25) is 9.59 Å². The number of carbonyl (C=O) groups excluding carboxylic acids is 2. The summed E-state index contributed by atoms with van der Waals surface area (Å²) in [6.45, 7) is 0.601. The average Bonchev–Trinajstić information content (AvgIpc) is 3.13. The number of carbonyl (C=O) groups is 2. The molecular weight excluding hydrogens is 356 g/mol. The summed E-state index contributed by atoms with van der Waals surface area (Å²) in [6, 6.07) is 12.9. The Bertz CT molecular complexity index is 896. The zero-order chi connectivity index (χ0) is 19.5. The SMILES string of the molecule is O=C(COc1cccc2c1CCC[C@H]2O)Nc1cccc(N2CCCC2=O)c1. The second-order valence-electron chi connectivity index (χ2n) is 7.27. The van der Waals surface area contributed by atoms with E-state index in [2.05, 4.69) is 5.32 Å². The predicted molar refractivity (Wildman–Crippen MR) is 106 cm³/mol. The molecule has 2 N–H and O–H groups in total. The summed E-state index contributed by atoms with van der Waals surface area (Å²) in [5, 5.41) is 13.0. The van der Waals surface area contributed by atoms with E-state index in [1.807, 2.05) is 36.4 Å². The van der Waals surface area contributed by atoms with Crippen molar-refractivity contribution in [3.8, 4) is 5.75 Å². The fourth-order valence-corrected chi connectivity index (χ4v) is 3.94. The van der Waals surface area contributed by atoms with Crippen molar-refractivity contribution in [1.82, 2.24) is 0 Å². The van der Waals surface area contributed by atoms with Crippen LogP contribution in [0.15, 0.2) is 42.5 Å². The van der Waals surface area contributed by atoms with Crippen LogP contribution < -0.4 is 15.0 Å². The van der Waals surface area contributed by atoms with Crippen molar-refractivity contribution in [2.45, 2.75) is 38.2 Å². The molecule has 0 radical (unpaired) electrons. The lowest BCUT2D eigenvalue weighted by Gasteiger charge is -2.23. The zero-order valence-electron chi connectivity index (χ0n) is 15.7. The maximum absolute atomic E-state index is 12.3. The first-order valence-corrected chi connectivity index (χ1v) is 9.75. The first-order chi connectivity index (χ1) is 13.6. The van der Waals surface area contributed by atoms with Gasteiger partial charge in [0.15, 0.2) is 6.61 Å². The summed E-state index contributed by atoms with van der Waals surface area (Å²) in [7, 11) is 0. The molecule has 0 spiro atoms. The number of hydrogen-bond donors (Lipinski definition) is 2. The third-order valence-corrected chi connectivity index (χ3v) is 5.31. The third kappa shape index (κ3) is 3.87. The van der Waals surface area contributed by atoms with Gasteiger partial charge in [0, 0.05) is 24.3 Å². The molecule has 1 heterocycles. The number of aliphatic hydroxyl groups is 1. The molecule has 6 heteroatoms. The molecule has 0 saturated carbocycles. The number of benzene rings is 2. The minimum Gasteiger partial charge on any atom is -0.483 e. The monoisotopic (exact) mass is 380 g/mol. The molecule has 2 amide bonds.